The van der Waals surface area contributed by atoms with Crippen LogP contribution in [0.25, 0.3) is 22.2 Å². The van der Waals surface area contributed by atoms with Crippen LogP contribution in [0.2, 0.25) is 0 Å². The highest BCUT2D eigenvalue weighted by atomic mass is 16.6. The van der Waals surface area contributed by atoms with E-state index in [2.05, 4.69) is 5.32 Å². The van der Waals surface area contributed by atoms with Crippen LogP contribution in [0.1, 0.15) is 41.0 Å². The number of likely N-dealkylation sites (tertiary alicyclic amines) is 1. The minimum absolute atomic E-state index is 0.123. The van der Waals surface area contributed by atoms with E-state index in [0.29, 0.717) is 22.7 Å². The second-order valence-electron chi connectivity index (χ2n) is 11.6. The number of methoxy groups -OCH3 is 2. The maximum Gasteiger partial charge on any atom is 0.408 e. The summed E-state index contributed by atoms with van der Waals surface area (Å²) < 4.78 is 22.4. The standard InChI is InChI=1S/C32H39N3O7/c1-19(2)28(34-31(38)42-32(3,4)5)29(36)35-18-22(16-26(35)30(37)40-7)41-27-17-24(20-11-9-8-10-12-20)33-25-15-21(39-6)13-14-23(25)27/h8-15,17,19,22,26,28H,16,18H2,1-7H3,(H,34,38). The monoisotopic (exact) mass is 577 g/mol. The van der Waals surface area contributed by atoms with Crippen LogP contribution in [-0.4, -0.2) is 72.4 Å². The van der Waals surface area contributed by atoms with E-state index in [1.807, 2.05) is 68.4 Å². The Hall–Kier alpha value is -4.34. The number of fused-ring (bicyclic) bond motifs is 1. The van der Waals surface area contributed by atoms with Crippen LogP contribution in [0.5, 0.6) is 11.5 Å². The molecule has 1 aliphatic rings. The third kappa shape index (κ3) is 7.10. The van der Waals surface area contributed by atoms with E-state index in [-0.39, 0.29) is 18.9 Å². The topological polar surface area (TPSA) is 116 Å². The zero-order valence-corrected chi connectivity index (χ0v) is 25.2. The minimum atomic E-state index is -0.912. The van der Waals surface area contributed by atoms with Crippen LogP contribution in [0.15, 0.2) is 54.6 Å². The van der Waals surface area contributed by atoms with Crippen LogP contribution in [0.3, 0.4) is 0 Å². The van der Waals surface area contributed by atoms with Gasteiger partial charge in [-0.15, -0.1) is 0 Å². The van der Waals surface area contributed by atoms with Gasteiger partial charge in [-0.1, -0.05) is 44.2 Å². The molecule has 42 heavy (non-hydrogen) atoms. The van der Waals surface area contributed by atoms with Crippen molar-refractivity contribution in [2.24, 2.45) is 5.92 Å². The van der Waals surface area contributed by atoms with E-state index in [4.69, 9.17) is 23.9 Å². The molecule has 224 valence electrons. The number of hydrogen-bond donors (Lipinski definition) is 1. The van der Waals surface area contributed by atoms with Gasteiger partial charge in [0.2, 0.25) is 5.91 Å². The zero-order chi connectivity index (χ0) is 30.6. The van der Waals surface area contributed by atoms with Gasteiger partial charge in [-0.3, -0.25) is 4.79 Å². The predicted octanol–water partition coefficient (Wildman–Crippen LogP) is 4.98. The van der Waals surface area contributed by atoms with Crippen molar-refractivity contribution < 1.29 is 33.3 Å². The Balaban J connectivity index is 1.64. The summed E-state index contributed by atoms with van der Waals surface area (Å²) in [5.74, 6) is -0.00510. The van der Waals surface area contributed by atoms with E-state index >= 15 is 0 Å². The van der Waals surface area contributed by atoms with Gasteiger partial charge in [-0.05, 0) is 38.8 Å². The van der Waals surface area contributed by atoms with E-state index in [9.17, 15) is 14.4 Å². The molecule has 2 amide bonds. The number of aromatic nitrogens is 1. The van der Waals surface area contributed by atoms with Crippen molar-refractivity contribution in [1.82, 2.24) is 15.2 Å². The average molecular weight is 578 g/mol. The van der Waals surface area contributed by atoms with Crippen molar-refractivity contribution >= 4 is 28.9 Å². The number of hydrogen-bond acceptors (Lipinski definition) is 8. The fourth-order valence-electron chi connectivity index (χ4n) is 4.95. The first-order valence-electron chi connectivity index (χ1n) is 14.0. The van der Waals surface area contributed by atoms with Crippen LogP contribution in [0, 0.1) is 5.92 Å². The van der Waals surface area contributed by atoms with Gasteiger partial charge in [-0.2, -0.15) is 0 Å². The first-order valence-corrected chi connectivity index (χ1v) is 14.0. The molecule has 0 saturated carbocycles. The molecular weight excluding hydrogens is 538 g/mol. The van der Waals surface area contributed by atoms with Gasteiger partial charge in [0.05, 0.1) is 32.0 Å². The van der Waals surface area contributed by atoms with Crippen LogP contribution < -0.4 is 14.8 Å². The molecule has 10 nitrogen and oxygen atoms in total. The molecular formula is C32H39N3O7. The predicted molar refractivity (Wildman–Crippen MR) is 158 cm³/mol. The summed E-state index contributed by atoms with van der Waals surface area (Å²) in [5.41, 5.74) is 1.58. The number of ether oxygens (including phenoxy) is 4. The first-order chi connectivity index (χ1) is 19.9. The molecule has 1 N–H and O–H groups in total. The van der Waals surface area contributed by atoms with Gasteiger partial charge in [0.1, 0.15) is 35.3 Å². The Bertz CT molecular complexity index is 1440. The van der Waals surface area contributed by atoms with Crippen molar-refractivity contribution in [3.8, 4) is 22.8 Å². The highest BCUT2D eigenvalue weighted by Crippen LogP contribution is 2.35. The molecule has 1 saturated heterocycles. The lowest BCUT2D eigenvalue weighted by molar-refractivity contribution is -0.152. The van der Waals surface area contributed by atoms with Crippen molar-refractivity contribution in [2.45, 2.75) is 64.8 Å². The quantitative estimate of drug-likeness (QED) is 0.373. The van der Waals surface area contributed by atoms with Crippen LogP contribution >= 0.6 is 0 Å². The van der Waals surface area contributed by atoms with E-state index in [1.54, 1.807) is 27.9 Å². The number of nitrogens with zero attached hydrogens (tertiary/aromatic N) is 2. The fourth-order valence-corrected chi connectivity index (χ4v) is 4.95. The summed E-state index contributed by atoms with van der Waals surface area (Å²) >= 11 is 0. The number of alkyl carbamates (subject to hydrolysis) is 1. The SMILES string of the molecule is COC(=O)C1CC(Oc2cc(-c3ccccc3)nc3cc(OC)ccc23)CN1C(=O)C(NC(=O)OC(C)(C)C)C(C)C. The Morgan fingerprint density at radius 2 is 1.74 bits per heavy atom. The second kappa shape index (κ2) is 12.7. The molecule has 2 heterocycles. The number of esters is 1. The molecule has 3 aromatic rings. The third-order valence-corrected chi connectivity index (χ3v) is 6.97. The van der Waals surface area contributed by atoms with E-state index in [0.717, 1.165) is 10.9 Å². The molecule has 0 aliphatic carbocycles. The summed E-state index contributed by atoms with van der Waals surface area (Å²) in [6.07, 6.45) is -1.01. The van der Waals surface area contributed by atoms with Gasteiger partial charge in [0.15, 0.2) is 0 Å². The summed E-state index contributed by atoms with van der Waals surface area (Å²) in [5, 5.41) is 3.45. The summed E-state index contributed by atoms with van der Waals surface area (Å²) in [6.45, 7) is 9.00. The Morgan fingerprint density at radius 1 is 1.02 bits per heavy atom. The molecule has 1 aliphatic heterocycles. The number of nitrogens with one attached hydrogen (secondary N) is 1. The molecule has 1 fully saturated rings. The Morgan fingerprint density at radius 3 is 2.36 bits per heavy atom. The lowest BCUT2D eigenvalue weighted by Gasteiger charge is -2.30. The van der Waals surface area contributed by atoms with Crippen LogP contribution in [-0.2, 0) is 19.1 Å². The number of benzene rings is 2. The molecule has 3 unspecified atom stereocenters. The maximum atomic E-state index is 13.8. The molecule has 0 spiro atoms. The molecule has 0 bridgehead atoms. The third-order valence-electron chi connectivity index (χ3n) is 6.97. The number of rotatable bonds is 8. The molecule has 4 rings (SSSR count). The molecule has 3 atom stereocenters. The fraction of sp³-hybridized carbons (Fsp3) is 0.438. The summed E-state index contributed by atoms with van der Waals surface area (Å²) in [6, 6.07) is 15.4. The minimum Gasteiger partial charge on any atom is -0.497 e. The molecule has 2 aromatic carbocycles. The van der Waals surface area contributed by atoms with Crippen molar-refractivity contribution in [3.05, 3.63) is 54.6 Å². The summed E-state index contributed by atoms with van der Waals surface area (Å²) in [7, 11) is 2.88. The van der Waals surface area contributed by atoms with Gasteiger partial charge < -0.3 is 29.2 Å². The van der Waals surface area contributed by atoms with Gasteiger partial charge in [0.25, 0.3) is 0 Å². The smallest absolute Gasteiger partial charge is 0.408 e. The van der Waals surface area contributed by atoms with Crippen LogP contribution in [0.4, 0.5) is 4.79 Å². The first kappa shape index (κ1) is 30.6. The van der Waals surface area contributed by atoms with E-state index < -0.39 is 41.8 Å². The Kier molecular flexibility index (Phi) is 9.23. The van der Waals surface area contributed by atoms with Crippen molar-refractivity contribution in [2.75, 3.05) is 20.8 Å². The highest BCUT2D eigenvalue weighted by Gasteiger charge is 2.44. The second-order valence-corrected chi connectivity index (χ2v) is 11.6. The van der Waals surface area contributed by atoms with Gasteiger partial charge in [0, 0.05) is 29.5 Å². The number of carbonyl (C=O) groups is 3. The number of carbonyl (C=O) groups excluding carboxylic acids is 3. The van der Waals surface area contributed by atoms with Gasteiger partial charge in [-0.25, -0.2) is 14.6 Å². The number of amides is 2. The molecule has 1 aromatic heterocycles. The molecule has 10 heteroatoms. The normalized spacial score (nSPS) is 17.6. The lowest BCUT2D eigenvalue weighted by atomic mass is 10.0. The Labute approximate surface area is 246 Å². The highest BCUT2D eigenvalue weighted by molar-refractivity contribution is 5.91. The number of pyridine rings is 1. The van der Waals surface area contributed by atoms with Crippen molar-refractivity contribution in [1.29, 1.82) is 0 Å². The van der Waals surface area contributed by atoms with Crippen molar-refractivity contribution in [3.63, 3.8) is 0 Å². The van der Waals surface area contributed by atoms with E-state index in [1.165, 1.54) is 12.0 Å². The zero-order valence-electron chi connectivity index (χ0n) is 25.2. The largest absolute Gasteiger partial charge is 0.497 e. The molecule has 0 radical (unpaired) electrons. The average Bonchev–Trinajstić information content (AvgIpc) is 3.37. The van der Waals surface area contributed by atoms with Gasteiger partial charge >= 0.3 is 12.1 Å². The lowest BCUT2D eigenvalue weighted by Crippen LogP contribution is -2.54. The summed E-state index contributed by atoms with van der Waals surface area (Å²) in [4.78, 5) is 45.5. The maximum absolute atomic E-state index is 13.8.